The predicted octanol–water partition coefficient (Wildman–Crippen LogP) is 0.324. The predicted molar refractivity (Wildman–Crippen MR) is 49.7 cm³/mol. The van der Waals surface area contributed by atoms with E-state index in [4.69, 9.17) is 5.26 Å². The molecule has 6 heteroatoms. The van der Waals surface area contributed by atoms with Crippen molar-refractivity contribution in [1.82, 2.24) is 4.67 Å². The Balaban J connectivity index is 2.58. The van der Waals surface area contributed by atoms with Crippen LogP contribution in [0.15, 0.2) is 0 Å². The second-order valence-electron chi connectivity index (χ2n) is 2.71. The number of nitrogens with zero attached hydrogens (tertiary/aromatic N) is 2. The summed E-state index contributed by atoms with van der Waals surface area (Å²) in [5.74, 6) is -0.357. The molecule has 1 saturated heterocycles. The fraction of sp³-hybridized carbons (Fsp3) is 0.667. The minimum atomic E-state index is -0.298. The minimum Gasteiger partial charge on any atom is -0.450 e. The number of rotatable bonds is 1. The highest BCUT2D eigenvalue weighted by Gasteiger charge is 2.35. The largest absolute Gasteiger partial charge is 0.450 e. The maximum absolute atomic E-state index is 11.1. The molecule has 2 unspecified atom stereocenters. The van der Waals surface area contributed by atoms with Gasteiger partial charge in [-0.15, -0.1) is 0 Å². The molecule has 0 aliphatic carbocycles. The van der Waals surface area contributed by atoms with Crippen LogP contribution in [0.5, 0.6) is 0 Å². The van der Waals surface area contributed by atoms with Gasteiger partial charge in [-0.05, 0) is 6.42 Å². The fourth-order valence-electron chi connectivity index (χ4n) is 1.26. The van der Waals surface area contributed by atoms with Gasteiger partial charge in [-0.2, -0.15) is 5.26 Å². The Labute approximate surface area is 75.8 Å². The van der Waals surface area contributed by atoms with E-state index < -0.39 is 0 Å². The van der Waals surface area contributed by atoms with E-state index in [1.807, 2.05) is 9.47 Å². The van der Waals surface area contributed by atoms with Gasteiger partial charge in [0.2, 0.25) is 0 Å². The summed E-state index contributed by atoms with van der Waals surface area (Å²) in [5, 5.41) is 8.61. The molecule has 0 aromatic rings. The second-order valence-corrected chi connectivity index (χ2v) is 3.61. The molecule has 0 N–H and O–H groups in total. The van der Waals surface area contributed by atoms with Gasteiger partial charge in [0.25, 0.3) is 0 Å². The molecule has 0 aromatic heterocycles. The highest BCUT2D eigenvalue weighted by atomic mass is 31.0. The first-order chi connectivity index (χ1) is 5.69. The summed E-state index contributed by atoms with van der Waals surface area (Å²) in [6, 6.07) is 1.85. The topological polar surface area (TPSA) is 53.3 Å². The van der Waals surface area contributed by atoms with E-state index in [2.05, 4.69) is 20.0 Å². The highest BCUT2D eigenvalue weighted by molar-refractivity contribution is 7.13. The van der Waals surface area contributed by atoms with Crippen LogP contribution < -0.4 is 0 Å². The lowest BCUT2D eigenvalue weighted by atomic mass is 10.1. The Morgan fingerprint density at radius 1 is 1.75 bits per heavy atom. The van der Waals surface area contributed by atoms with Crippen molar-refractivity contribution in [2.24, 2.45) is 5.92 Å². The minimum absolute atomic E-state index is 0.0587. The fourth-order valence-corrected chi connectivity index (χ4v) is 1.92. The molecule has 0 spiro atoms. The molecule has 1 fully saturated rings. The summed E-state index contributed by atoms with van der Waals surface area (Å²) in [5.41, 5.74) is 0. The third kappa shape index (κ3) is 1.93. The number of nitriles is 1. The van der Waals surface area contributed by atoms with Crippen LogP contribution in [0.2, 0.25) is 0 Å². The Bertz CT molecular complexity index is 228. The molecular weight excluding hydrogens is 194 g/mol. The molecule has 4 nitrogen and oxygen atoms in total. The molecular formula is C6H10N2O2P2. The zero-order valence-corrected chi connectivity index (χ0v) is 8.74. The number of hydrogen-bond acceptors (Lipinski definition) is 4. The maximum Gasteiger partial charge on any atom is 0.325 e. The molecule has 0 saturated carbocycles. The molecule has 4 atom stereocenters. The number of carbonyl (C=O) groups excluding carboxylic acids is 1. The maximum atomic E-state index is 11.1. The Hall–Kier alpha value is -0.220. The number of hydrogen-bond donors (Lipinski definition) is 0. The van der Waals surface area contributed by atoms with Crippen LogP contribution in [-0.4, -0.2) is 23.2 Å². The van der Waals surface area contributed by atoms with E-state index >= 15 is 0 Å². The lowest BCUT2D eigenvalue weighted by molar-refractivity contribution is -0.136. The summed E-state index contributed by atoms with van der Waals surface area (Å²) in [6.07, 6.45) is 0.563. The first-order valence-corrected chi connectivity index (χ1v) is 4.49. The molecule has 1 rings (SSSR count). The molecule has 12 heavy (non-hydrogen) atoms. The van der Waals surface area contributed by atoms with Crippen LogP contribution in [0.3, 0.4) is 0 Å². The molecule has 66 valence electrons. The van der Waals surface area contributed by atoms with E-state index in [0.717, 1.165) is 0 Å². The van der Waals surface area contributed by atoms with Crippen molar-refractivity contribution in [2.45, 2.75) is 12.5 Å². The molecule has 1 aliphatic heterocycles. The van der Waals surface area contributed by atoms with Crippen molar-refractivity contribution < 1.29 is 9.32 Å². The normalized spacial score (nSPS) is 29.8. The van der Waals surface area contributed by atoms with Crippen LogP contribution in [-0.2, 0) is 9.32 Å². The summed E-state index contributed by atoms with van der Waals surface area (Å²) in [7, 11) is 4.36. The third-order valence-electron chi connectivity index (χ3n) is 1.91. The Morgan fingerprint density at radius 2 is 2.42 bits per heavy atom. The van der Waals surface area contributed by atoms with Crippen molar-refractivity contribution in [1.29, 1.82) is 5.26 Å². The quantitative estimate of drug-likeness (QED) is 0.577. The van der Waals surface area contributed by atoms with E-state index in [1.165, 1.54) is 0 Å². The smallest absolute Gasteiger partial charge is 0.325 e. The lowest BCUT2D eigenvalue weighted by Crippen LogP contribution is -2.28. The Kier molecular flexibility index (Phi) is 3.40. The molecule has 0 aromatic carbocycles. The zero-order valence-electron chi connectivity index (χ0n) is 6.43. The van der Waals surface area contributed by atoms with Gasteiger partial charge in [-0.25, -0.2) is 0 Å². The first-order valence-electron chi connectivity index (χ1n) is 3.50. The van der Waals surface area contributed by atoms with Gasteiger partial charge in [0.15, 0.2) is 0 Å². The number of carbonyl (C=O) groups is 1. The summed E-state index contributed by atoms with van der Waals surface area (Å²) in [6.45, 7) is 0.617. The average molecular weight is 204 g/mol. The van der Waals surface area contributed by atoms with Gasteiger partial charge in [0.05, 0.1) is 21.5 Å². The monoisotopic (exact) mass is 204 g/mol. The average Bonchev–Trinajstić information content (AvgIpc) is 2.45. The van der Waals surface area contributed by atoms with Crippen LogP contribution >= 0.6 is 18.9 Å². The van der Waals surface area contributed by atoms with Gasteiger partial charge in [0, 0.05) is 6.54 Å². The third-order valence-corrected chi connectivity index (χ3v) is 2.71. The summed E-state index contributed by atoms with van der Waals surface area (Å²) in [4.78, 5) is 11.1. The molecule has 0 amide bonds. The van der Waals surface area contributed by atoms with Crippen LogP contribution in [0.25, 0.3) is 0 Å². The second kappa shape index (κ2) is 4.14. The molecule has 1 aliphatic rings. The van der Waals surface area contributed by atoms with Gasteiger partial charge in [-0.1, -0.05) is 9.39 Å². The Morgan fingerprint density at radius 3 is 2.83 bits per heavy atom. The summed E-state index contributed by atoms with van der Waals surface area (Å²) >= 11 is 0. The molecule has 0 radical (unpaired) electrons. The van der Waals surface area contributed by atoms with Crippen LogP contribution in [0.4, 0.5) is 0 Å². The standard InChI is InChI=1S/C6H10N2O2P2/c7-2-4-1-5(6(9)10-12)8(11)3-4/h4-5H,1,3,11-12H2/t4-,5+/m1/s1. The van der Waals surface area contributed by atoms with Crippen molar-refractivity contribution in [2.75, 3.05) is 6.54 Å². The first kappa shape index (κ1) is 9.86. The van der Waals surface area contributed by atoms with E-state index in [0.29, 0.717) is 13.0 Å². The van der Waals surface area contributed by atoms with Crippen LogP contribution in [0.1, 0.15) is 6.42 Å². The van der Waals surface area contributed by atoms with Gasteiger partial charge in [-0.3, -0.25) is 9.46 Å². The highest BCUT2D eigenvalue weighted by Crippen LogP contribution is 2.26. The van der Waals surface area contributed by atoms with Crippen molar-refractivity contribution in [3.05, 3.63) is 0 Å². The van der Waals surface area contributed by atoms with Crippen LogP contribution in [0, 0.1) is 17.2 Å². The van der Waals surface area contributed by atoms with E-state index in [1.54, 1.807) is 4.67 Å². The summed E-state index contributed by atoms with van der Waals surface area (Å²) < 4.78 is 6.27. The van der Waals surface area contributed by atoms with Gasteiger partial charge < -0.3 is 4.52 Å². The lowest BCUT2D eigenvalue weighted by Gasteiger charge is -2.14. The molecule has 0 bridgehead atoms. The van der Waals surface area contributed by atoms with Gasteiger partial charge in [0.1, 0.15) is 6.04 Å². The van der Waals surface area contributed by atoms with Gasteiger partial charge >= 0.3 is 5.97 Å². The van der Waals surface area contributed by atoms with E-state index in [9.17, 15) is 4.79 Å². The zero-order chi connectivity index (χ0) is 9.14. The van der Waals surface area contributed by atoms with E-state index in [-0.39, 0.29) is 17.9 Å². The van der Waals surface area contributed by atoms with Crippen molar-refractivity contribution >= 4 is 24.8 Å². The molecule has 1 heterocycles. The van der Waals surface area contributed by atoms with Crippen molar-refractivity contribution in [3.8, 4) is 6.07 Å². The van der Waals surface area contributed by atoms with Crippen molar-refractivity contribution in [3.63, 3.8) is 0 Å². The SMILES string of the molecule is N#C[C@H]1C[C@@H](C(=O)OP)N(P)C1.